The fourth-order valence-electron chi connectivity index (χ4n) is 3.84. The molecule has 3 rings (SSSR count). The Morgan fingerprint density at radius 1 is 1.13 bits per heavy atom. The number of anilines is 2. The van der Waals surface area contributed by atoms with Gasteiger partial charge < -0.3 is 25.1 Å². The van der Waals surface area contributed by atoms with Crippen molar-refractivity contribution in [1.29, 1.82) is 0 Å². The van der Waals surface area contributed by atoms with E-state index in [1.54, 1.807) is 13.1 Å². The maximum absolute atomic E-state index is 12.9. The monoisotopic (exact) mass is 411 g/mol. The zero-order valence-corrected chi connectivity index (χ0v) is 17.9. The lowest BCUT2D eigenvalue weighted by molar-refractivity contribution is -0.915. The van der Waals surface area contributed by atoms with E-state index >= 15 is 0 Å². The second-order valence-corrected chi connectivity index (χ2v) is 7.96. The van der Waals surface area contributed by atoms with Crippen LogP contribution >= 0.6 is 0 Å². The minimum absolute atomic E-state index is 0.0222. The first-order chi connectivity index (χ1) is 14.3. The summed E-state index contributed by atoms with van der Waals surface area (Å²) in [5.74, 6) is 0.0331. The van der Waals surface area contributed by atoms with Crippen molar-refractivity contribution in [2.24, 2.45) is 0 Å². The van der Waals surface area contributed by atoms with Gasteiger partial charge in [0, 0.05) is 12.7 Å². The molecule has 0 unspecified atom stereocenters. The number of piperazine rings is 1. The fraction of sp³-hybridized carbons (Fsp3) is 0.391. The van der Waals surface area contributed by atoms with Gasteiger partial charge in [0.15, 0.2) is 6.04 Å². The van der Waals surface area contributed by atoms with Crippen LogP contribution in [0.1, 0.15) is 12.5 Å². The van der Waals surface area contributed by atoms with Crippen molar-refractivity contribution in [3.05, 3.63) is 54.1 Å². The summed E-state index contributed by atoms with van der Waals surface area (Å²) in [4.78, 5) is 30.0. The number of phenols is 1. The summed E-state index contributed by atoms with van der Waals surface area (Å²) in [5, 5.41) is 12.9. The third-order valence-corrected chi connectivity index (χ3v) is 5.70. The van der Waals surface area contributed by atoms with Crippen molar-refractivity contribution in [3.8, 4) is 5.75 Å². The highest BCUT2D eigenvalue weighted by atomic mass is 16.3. The Balaban J connectivity index is 1.49. The molecule has 0 aromatic heterocycles. The molecular weight excluding hydrogens is 380 g/mol. The van der Waals surface area contributed by atoms with Gasteiger partial charge in [-0.3, -0.25) is 9.59 Å². The number of amides is 2. The van der Waals surface area contributed by atoms with Gasteiger partial charge in [0.25, 0.3) is 5.91 Å². The molecule has 0 bridgehead atoms. The van der Waals surface area contributed by atoms with Crippen molar-refractivity contribution >= 4 is 23.2 Å². The van der Waals surface area contributed by atoms with E-state index in [2.05, 4.69) is 10.2 Å². The van der Waals surface area contributed by atoms with Gasteiger partial charge >= 0.3 is 0 Å². The number of quaternary nitrogens is 1. The molecule has 2 aromatic carbocycles. The second kappa shape index (κ2) is 9.63. The van der Waals surface area contributed by atoms with E-state index in [-0.39, 0.29) is 30.2 Å². The first kappa shape index (κ1) is 21.6. The maximum Gasteiger partial charge on any atom is 0.280 e. The number of nitrogens with zero attached hydrogens (tertiary/aromatic N) is 2. The third-order valence-electron chi connectivity index (χ3n) is 5.70. The average molecular weight is 412 g/mol. The number of hydrogen-bond acceptors (Lipinski definition) is 4. The Bertz CT molecular complexity index is 876. The van der Waals surface area contributed by atoms with Gasteiger partial charge in [0.1, 0.15) is 5.75 Å². The van der Waals surface area contributed by atoms with Crippen LogP contribution in [0.2, 0.25) is 0 Å². The highest BCUT2D eigenvalue weighted by Crippen LogP contribution is 2.26. The number of rotatable bonds is 6. The molecule has 1 aliphatic heterocycles. The first-order valence-corrected chi connectivity index (χ1v) is 10.3. The highest BCUT2D eigenvalue weighted by molar-refractivity contribution is 5.94. The number of nitrogens with one attached hydrogen (secondary N) is 2. The molecule has 30 heavy (non-hydrogen) atoms. The summed E-state index contributed by atoms with van der Waals surface area (Å²) in [6, 6.07) is 14.7. The van der Waals surface area contributed by atoms with Gasteiger partial charge in [-0.2, -0.15) is 0 Å². The van der Waals surface area contributed by atoms with Crippen LogP contribution < -0.4 is 15.1 Å². The lowest BCUT2D eigenvalue weighted by Gasteiger charge is -2.37. The molecule has 2 amide bonds. The molecule has 0 aliphatic carbocycles. The zero-order valence-electron chi connectivity index (χ0n) is 17.9. The molecule has 0 saturated carbocycles. The van der Waals surface area contributed by atoms with Crippen LogP contribution in [0.5, 0.6) is 5.75 Å². The van der Waals surface area contributed by atoms with Gasteiger partial charge in [-0.15, -0.1) is 0 Å². The number of likely N-dealkylation sites (N-methyl/N-ethyl adjacent to an activating group) is 1. The van der Waals surface area contributed by atoms with Crippen LogP contribution in [-0.4, -0.2) is 67.6 Å². The van der Waals surface area contributed by atoms with Crippen molar-refractivity contribution in [3.63, 3.8) is 0 Å². The fourth-order valence-corrected chi connectivity index (χ4v) is 3.84. The molecule has 1 aliphatic rings. The van der Waals surface area contributed by atoms with E-state index < -0.39 is 0 Å². The van der Waals surface area contributed by atoms with E-state index in [0.717, 1.165) is 43.1 Å². The number of carbonyl (C=O) groups excluding carboxylic acids is 2. The first-order valence-electron chi connectivity index (χ1n) is 10.3. The van der Waals surface area contributed by atoms with Gasteiger partial charge in [-0.25, -0.2) is 0 Å². The summed E-state index contributed by atoms with van der Waals surface area (Å²) in [7, 11) is 1.67. The predicted octanol–water partition coefficient (Wildman–Crippen LogP) is 0.891. The van der Waals surface area contributed by atoms with Crippen molar-refractivity contribution in [1.82, 2.24) is 4.90 Å². The average Bonchev–Trinajstić information content (AvgIpc) is 2.74. The molecule has 1 fully saturated rings. The van der Waals surface area contributed by atoms with E-state index in [4.69, 9.17) is 0 Å². The SMILES string of the molecule is Cc1ccc(NC(=O)CN(C)C(=O)[C@H](C)[NH+]2CCN(c3ccccc3O)CC2)cc1. The summed E-state index contributed by atoms with van der Waals surface area (Å²) in [6.07, 6.45) is 0. The number of hydrogen-bond donors (Lipinski definition) is 3. The van der Waals surface area contributed by atoms with Gasteiger partial charge in [-0.05, 0) is 38.1 Å². The zero-order chi connectivity index (χ0) is 21.7. The van der Waals surface area contributed by atoms with Crippen LogP contribution in [0, 0.1) is 6.92 Å². The van der Waals surface area contributed by atoms with E-state index in [1.807, 2.05) is 56.3 Å². The number of phenolic OH excluding ortho intramolecular Hbond substituents is 1. The Morgan fingerprint density at radius 2 is 1.77 bits per heavy atom. The van der Waals surface area contributed by atoms with E-state index in [0.29, 0.717) is 0 Å². The molecule has 1 saturated heterocycles. The molecule has 7 heteroatoms. The maximum atomic E-state index is 12.9. The highest BCUT2D eigenvalue weighted by Gasteiger charge is 2.32. The van der Waals surface area contributed by atoms with E-state index in [9.17, 15) is 14.7 Å². The molecule has 2 aromatic rings. The van der Waals surface area contributed by atoms with Crippen molar-refractivity contribution in [2.75, 3.05) is 50.0 Å². The van der Waals surface area contributed by atoms with Crippen LogP contribution in [0.25, 0.3) is 0 Å². The molecule has 7 nitrogen and oxygen atoms in total. The normalized spacial score (nSPS) is 15.5. The largest absolute Gasteiger partial charge is 0.506 e. The molecule has 160 valence electrons. The molecule has 1 heterocycles. The minimum atomic E-state index is -0.228. The van der Waals surface area contributed by atoms with Crippen LogP contribution in [0.3, 0.4) is 0 Å². The Hall–Kier alpha value is -3.06. The molecular formula is C23H31N4O3+. The Kier molecular flexibility index (Phi) is 6.95. The summed E-state index contributed by atoms with van der Waals surface area (Å²) in [5.41, 5.74) is 2.69. The summed E-state index contributed by atoms with van der Waals surface area (Å²) >= 11 is 0. The van der Waals surface area contributed by atoms with Crippen molar-refractivity contribution in [2.45, 2.75) is 19.9 Å². The molecule has 0 radical (unpaired) electrons. The van der Waals surface area contributed by atoms with Gasteiger partial charge in [0.05, 0.1) is 38.4 Å². The van der Waals surface area contributed by atoms with Crippen molar-refractivity contribution < 1.29 is 19.6 Å². The number of benzene rings is 2. The van der Waals surface area contributed by atoms with Gasteiger partial charge in [-0.1, -0.05) is 29.8 Å². The molecule has 3 N–H and O–H groups in total. The summed E-state index contributed by atoms with van der Waals surface area (Å²) in [6.45, 7) is 7.06. The van der Waals surface area contributed by atoms with Crippen LogP contribution in [-0.2, 0) is 9.59 Å². The predicted molar refractivity (Wildman–Crippen MR) is 118 cm³/mol. The van der Waals surface area contributed by atoms with E-state index in [1.165, 1.54) is 9.80 Å². The van der Waals surface area contributed by atoms with Crippen LogP contribution in [0.15, 0.2) is 48.5 Å². The second-order valence-electron chi connectivity index (χ2n) is 7.96. The third kappa shape index (κ3) is 5.30. The van der Waals surface area contributed by atoms with Gasteiger partial charge in [0.2, 0.25) is 5.91 Å². The Labute approximate surface area is 177 Å². The molecule has 1 atom stereocenters. The standard InChI is InChI=1S/C23H30N4O3/c1-17-8-10-19(11-9-17)24-22(29)16-25(3)23(30)18(2)26-12-14-27(15-13-26)20-6-4-5-7-21(20)28/h4-11,18,28H,12-16H2,1-3H3,(H,24,29)/p+1/t18-/m0/s1. The topological polar surface area (TPSA) is 77.3 Å². The number of para-hydroxylation sites is 2. The summed E-state index contributed by atoms with van der Waals surface area (Å²) < 4.78 is 0. The lowest BCUT2D eigenvalue weighted by Crippen LogP contribution is -3.19. The smallest absolute Gasteiger partial charge is 0.280 e. The lowest BCUT2D eigenvalue weighted by atomic mass is 10.2. The quantitative estimate of drug-likeness (QED) is 0.660. The minimum Gasteiger partial charge on any atom is -0.506 e. The number of aromatic hydroxyl groups is 1. The Morgan fingerprint density at radius 3 is 2.40 bits per heavy atom. The van der Waals surface area contributed by atoms with Crippen LogP contribution in [0.4, 0.5) is 11.4 Å². The number of carbonyl (C=O) groups is 2. The number of aryl methyl sites for hydroxylation is 1. The molecule has 0 spiro atoms.